The fourth-order valence-electron chi connectivity index (χ4n) is 1.11. The average Bonchev–Trinajstić information content (AvgIpc) is 2.32. The monoisotopic (exact) mass is 246 g/mol. The molecule has 1 amide bonds. The van der Waals surface area contributed by atoms with Crippen molar-refractivity contribution in [1.82, 2.24) is 10.6 Å². The first-order valence-electron chi connectivity index (χ1n) is 6.08. The van der Waals surface area contributed by atoms with Crippen molar-refractivity contribution in [3.63, 3.8) is 0 Å². The van der Waals surface area contributed by atoms with E-state index in [2.05, 4.69) is 10.6 Å². The van der Waals surface area contributed by atoms with E-state index in [0.29, 0.717) is 26.4 Å². The van der Waals surface area contributed by atoms with Crippen molar-refractivity contribution < 1.29 is 14.3 Å². The van der Waals surface area contributed by atoms with Gasteiger partial charge in [-0.3, -0.25) is 4.79 Å². The molecule has 0 fully saturated rings. The number of ether oxygens (including phenoxy) is 2. The van der Waals surface area contributed by atoms with Gasteiger partial charge in [0.05, 0.1) is 18.8 Å². The summed E-state index contributed by atoms with van der Waals surface area (Å²) >= 11 is 0. The molecule has 0 aromatic rings. The number of rotatable bonds is 10. The van der Waals surface area contributed by atoms with Crippen molar-refractivity contribution in [3.8, 4) is 0 Å². The fourth-order valence-corrected chi connectivity index (χ4v) is 1.11. The number of carbonyl (C=O) groups is 1. The van der Waals surface area contributed by atoms with Crippen molar-refractivity contribution >= 4 is 5.91 Å². The van der Waals surface area contributed by atoms with Crippen LogP contribution in [0.1, 0.15) is 26.7 Å². The summed E-state index contributed by atoms with van der Waals surface area (Å²) in [5.41, 5.74) is -0.505. The number of unbranched alkanes of at least 4 members (excludes halogenated alkanes) is 1. The number of hydrogen-bond acceptors (Lipinski definition) is 4. The highest BCUT2D eigenvalue weighted by Gasteiger charge is 2.24. The Balaban J connectivity index is 3.37. The molecule has 0 radical (unpaired) electrons. The quantitative estimate of drug-likeness (QED) is 0.553. The molecule has 0 heterocycles. The number of methoxy groups -OCH3 is 1. The number of likely N-dealkylation sites (N-methyl/N-ethyl adjacent to an activating group) is 1. The fraction of sp³-hybridized carbons (Fsp3) is 0.917. The van der Waals surface area contributed by atoms with E-state index in [1.807, 2.05) is 13.8 Å². The Morgan fingerprint density at radius 2 is 1.88 bits per heavy atom. The van der Waals surface area contributed by atoms with Crippen LogP contribution < -0.4 is 10.6 Å². The number of hydrogen-bond donors (Lipinski definition) is 2. The molecule has 5 heteroatoms. The third-order valence-corrected chi connectivity index (χ3v) is 2.63. The molecule has 0 aliphatic heterocycles. The van der Waals surface area contributed by atoms with Crippen molar-refractivity contribution in [3.05, 3.63) is 0 Å². The molecule has 0 aromatic carbocycles. The Morgan fingerprint density at radius 1 is 1.18 bits per heavy atom. The molecule has 0 aliphatic carbocycles. The molecule has 0 rings (SSSR count). The zero-order valence-electron chi connectivity index (χ0n) is 11.5. The first-order valence-corrected chi connectivity index (χ1v) is 6.08. The van der Waals surface area contributed by atoms with Crippen LogP contribution in [-0.4, -0.2) is 52.0 Å². The molecule has 0 aromatic heterocycles. The van der Waals surface area contributed by atoms with E-state index < -0.39 is 5.54 Å². The highest BCUT2D eigenvalue weighted by atomic mass is 16.5. The normalized spacial score (nSPS) is 11.5. The van der Waals surface area contributed by atoms with Crippen LogP contribution in [-0.2, 0) is 14.3 Å². The lowest BCUT2D eigenvalue weighted by Crippen LogP contribution is -2.51. The summed E-state index contributed by atoms with van der Waals surface area (Å²) in [6.45, 7) is 6.39. The molecule has 2 N–H and O–H groups in total. The van der Waals surface area contributed by atoms with Crippen molar-refractivity contribution in [1.29, 1.82) is 0 Å². The molecule has 0 bridgehead atoms. The molecule has 0 spiro atoms. The summed E-state index contributed by atoms with van der Waals surface area (Å²) in [6.07, 6.45) is 1.88. The van der Waals surface area contributed by atoms with Gasteiger partial charge in [0.15, 0.2) is 0 Å². The van der Waals surface area contributed by atoms with Crippen LogP contribution in [0.5, 0.6) is 0 Å². The smallest absolute Gasteiger partial charge is 0.239 e. The maximum Gasteiger partial charge on any atom is 0.239 e. The molecular weight excluding hydrogens is 220 g/mol. The second-order valence-electron chi connectivity index (χ2n) is 4.44. The number of carbonyl (C=O) groups excluding carboxylic acids is 1. The van der Waals surface area contributed by atoms with Gasteiger partial charge in [0, 0.05) is 20.3 Å². The van der Waals surface area contributed by atoms with Gasteiger partial charge in [0.1, 0.15) is 0 Å². The highest BCUT2D eigenvalue weighted by Crippen LogP contribution is 2.00. The molecule has 0 unspecified atom stereocenters. The van der Waals surface area contributed by atoms with Gasteiger partial charge in [-0.25, -0.2) is 0 Å². The first-order chi connectivity index (χ1) is 8.04. The van der Waals surface area contributed by atoms with Gasteiger partial charge < -0.3 is 20.1 Å². The minimum absolute atomic E-state index is 0.0281. The van der Waals surface area contributed by atoms with Crippen molar-refractivity contribution in [2.24, 2.45) is 0 Å². The summed E-state index contributed by atoms with van der Waals surface area (Å²) < 4.78 is 10.2. The number of amides is 1. The van der Waals surface area contributed by atoms with E-state index in [1.165, 1.54) is 0 Å². The largest absolute Gasteiger partial charge is 0.382 e. The van der Waals surface area contributed by atoms with E-state index in [1.54, 1.807) is 14.2 Å². The predicted octanol–water partition coefficient (Wildman–Crippen LogP) is 0.544. The second kappa shape index (κ2) is 9.39. The van der Waals surface area contributed by atoms with Crippen LogP contribution in [0, 0.1) is 0 Å². The lowest BCUT2D eigenvalue weighted by molar-refractivity contribution is -0.126. The summed E-state index contributed by atoms with van der Waals surface area (Å²) in [7, 11) is 3.44. The maximum absolute atomic E-state index is 11.6. The van der Waals surface area contributed by atoms with Crippen LogP contribution in [0.2, 0.25) is 0 Å². The predicted molar refractivity (Wildman–Crippen MR) is 68.1 cm³/mol. The van der Waals surface area contributed by atoms with Crippen LogP contribution >= 0.6 is 0 Å². The standard InChI is InChI=1S/C12H26N2O3/c1-12(2,13-3)11(15)14-7-5-6-8-17-10-9-16-4/h13H,5-10H2,1-4H3,(H,14,15). The Kier molecular flexibility index (Phi) is 9.03. The molecule has 0 aliphatic rings. The van der Waals surface area contributed by atoms with Crippen LogP contribution in [0.3, 0.4) is 0 Å². The van der Waals surface area contributed by atoms with Gasteiger partial charge in [-0.2, -0.15) is 0 Å². The molecule has 0 atom stereocenters. The minimum atomic E-state index is -0.505. The zero-order chi connectivity index (χ0) is 13.1. The van der Waals surface area contributed by atoms with E-state index in [9.17, 15) is 4.79 Å². The van der Waals surface area contributed by atoms with Gasteiger partial charge in [-0.15, -0.1) is 0 Å². The molecule has 0 saturated heterocycles. The van der Waals surface area contributed by atoms with Crippen LogP contribution in [0.15, 0.2) is 0 Å². The van der Waals surface area contributed by atoms with Crippen LogP contribution in [0.4, 0.5) is 0 Å². The molecule has 17 heavy (non-hydrogen) atoms. The molecule has 5 nitrogen and oxygen atoms in total. The lowest BCUT2D eigenvalue weighted by atomic mass is 10.1. The van der Waals surface area contributed by atoms with Gasteiger partial charge in [0.25, 0.3) is 0 Å². The van der Waals surface area contributed by atoms with Gasteiger partial charge in [0.2, 0.25) is 5.91 Å². The van der Waals surface area contributed by atoms with Crippen LogP contribution in [0.25, 0.3) is 0 Å². The van der Waals surface area contributed by atoms with Crippen molar-refractivity contribution in [2.45, 2.75) is 32.2 Å². The zero-order valence-corrected chi connectivity index (χ0v) is 11.5. The summed E-state index contributed by atoms with van der Waals surface area (Å²) in [4.78, 5) is 11.6. The van der Waals surface area contributed by atoms with Gasteiger partial charge >= 0.3 is 0 Å². The van der Waals surface area contributed by atoms with E-state index in [-0.39, 0.29) is 5.91 Å². The Morgan fingerprint density at radius 3 is 2.47 bits per heavy atom. The minimum Gasteiger partial charge on any atom is -0.382 e. The summed E-state index contributed by atoms with van der Waals surface area (Å²) in [5, 5.41) is 5.86. The van der Waals surface area contributed by atoms with Gasteiger partial charge in [-0.05, 0) is 33.7 Å². The summed E-state index contributed by atoms with van der Waals surface area (Å²) in [5.74, 6) is 0.0281. The Hall–Kier alpha value is -0.650. The Bertz CT molecular complexity index is 208. The Labute approximate surface area is 104 Å². The third-order valence-electron chi connectivity index (χ3n) is 2.63. The molecular formula is C12H26N2O3. The SMILES string of the molecule is CNC(C)(C)C(=O)NCCCCOCCOC. The second-order valence-corrected chi connectivity index (χ2v) is 4.44. The van der Waals surface area contributed by atoms with Gasteiger partial charge in [-0.1, -0.05) is 0 Å². The number of nitrogens with one attached hydrogen (secondary N) is 2. The highest BCUT2D eigenvalue weighted by molar-refractivity contribution is 5.85. The summed E-state index contributed by atoms with van der Waals surface area (Å²) in [6, 6.07) is 0. The van der Waals surface area contributed by atoms with E-state index >= 15 is 0 Å². The topological polar surface area (TPSA) is 59.6 Å². The van der Waals surface area contributed by atoms with E-state index in [0.717, 1.165) is 12.8 Å². The molecule has 0 saturated carbocycles. The average molecular weight is 246 g/mol. The third kappa shape index (κ3) is 8.12. The maximum atomic E-state index is 11.6. The lowest BCUT2D eigenvalue weighted by Gasteiger charge is -2.22. The first kappa shape index (κ1) is 16.4. The van der Waals surface area contributed by atoms with E-state index in [4.69, 9.17) is 9.47 Å². The molecule has 102 valence electrons. The van der Waals surface area contributed by atoms with Crippen molar-refractivity contribution in [2.75, 3.05) is 40.5 Å².